The molecular weight excluding hydrogens is 366 g/mol. The van der Waals surface area contributed by atoms with Crippen LogP contribution in [0.4, 0.5) is 0 Å². The van der Waals surface area contributed by atoms with Gasteiger partial charge in [-0.05, 0) is 35.9 Å². The summed E-state index contributed by atoms with van der Waals surface area (Å²) in [5.74, 6) is -0.497. The molecule has 1 heterocycles. The maximum absolute atomic E-state index is 12.6. The molecule has 0 bridgehead atoms. The van der Waals surface area contributed by atoms with Gasteiger partial charge in [-0.15, -0.1) is 0 Å². The Morgan fingerprint density at radius 3 is 2.37 bits per heavy atom. The number of ether oxygens (including phenoxy) is 2. The highest BCUT2D eigenvalue weighted by Gasteiger charge is 2.26. The van der Waals surface area contributed by atoms with Crippen LogP contribution in [-0.2, 0) is 19.5 Å². The molecule has 0 unspecified atom stereocenters. The number of rotatable bonds is 6. The van der Waals surface area contributed by atoms with Crippen molar-refractivity contribution in [1.82, 2.24) is 4.31 Å². The van der Waals surface area contributed by atoms with E-state index in [1.54, 1.807) is 6.08 Å². The van der Waals surface area contributed by atoms with Crippen molar-refractivity contribution >= 4 is 22.1 Å². The number of esters is 1. The van der Waals surface area contributed by atoms with Gasteiger partial charge < -0.3 is 9.47 Å². The molecule has 3 rings (SSSR count). The first-order valence-corrected chi connectivity index (χ1v) is 10.1. The van der Waals surface area contributed by atoms with Gasteiger partial charge in [-0.1, -0.05) is 36.4 Å². The molecule has 7 heteroatoms. The third kappa shape index (κ3) is 5.03. The molecule has 0 saturated carbocycles. The van der Waals surface area contributed by atoms with Gasteiger partial charge in [0.05, 0.1) is 23.7 Å². The SMILES string of the molecule is O=C(OCC=Cc1ccccc1)c1ccc(S(=O)(=O)N2CCOCC2)cc1. The van der Waals surface area contributed by atoms with E-state index in [2.05, 4.69) is 0 Å². The number of carbonyl (C=O) groups excluding carboxylic acids is 1. The minimum atomic E-state index is -3.57. The van der Waals surface area contributed by atoms with E-state index in [-0.39, 0.29) is 11.5 Å². The monoisotopic (exact) mass is 387 g/mol. The van der Waals surface area contributed by atoms with Gasteiger partial charge in [0.1, 0.15) is 6.61 Å². The Bertz CT molecular complexity index is 886. The number of hydrogen-bond donors (Lipinski definition) is 0. The summed E-state index contributed by atoms with van der Waals surface area (Å²) in [4.78, 5) is 12.2. The molecule has 0 radical (unpaired) electrons. The summed E-state index contributed by atoms with van der Waals surface area (Å²) in [6, 6.07) is 15.5. The number of sulfonamides is 1. The summed E-state index contributed by atoms with van der Waals surface area (Å²) in [6.45, 7) is 1.58. The Balaban J connectivity index is 1.58. The van der Waals surface area contributed by atoms with Crippen molar-refractivity contribution in [2.24, 2.45) is 0 Å². The van der Waals surface area contributed by atoms with Crippen LogP contribution in [0.5, 0.6) is 0 Å². The highest BCUT2D eigenvalue weighted by molar-refractivity contribution is 7.89. The molecule has 1 saturated heterocycles. The third-order valence-corrected chi connectivity index (χ3v) is 6.03. The van der Waals surface area contributed by atoms with Crippen LogP contribution in [0.1, 0.15) is 15.9 Å². The van der Waals surface area contributed by atoms with Gasteiger partial charge in [0.2, 0.25) is 10.0 Å². The van der Waals surface area contributed by atoms with Crippen molar-refractivity contribution in [2.75, 3.05) is 32.9 Å². The van der Waals surface area contributed by atoms with Crippen LogP contribution in [0.3, 0.4) is 0 Å². The summed E-state index contributed by atoms with van der Waals surface area (Å²) >= 11 is 0. The second-order valence-electron chi connectivity index (χ2n) is 5.95. The van der Waals surface area contributed by atoms with Crippen molar-refractivity contribution in [2.45, 2.75) is 4.90 Å². The van der Waals surface area contributed by atoms with Crippen LogP contribution in [0.15, 0.2) is 65.6 Å². The Labute approximate surface area is 159 Å². The number of morpholine rings is 1. The topological polar surface area (TPSA) is 72.9 Å². The second-order valence-corrected chi connectivity index (χ2v) is 7.89. The fourth-order valence-corrected chi connectivity index (χ4v) is 4.06. The van der Waals surface area contributed by atoms with Gasteiger partial charge >= 0.3 is 5.97 Å². The Kier molecular flexibility index (Phi) is 6.39. The van der Waals surface area contributed by atoms with Gasteiger partial charge in [0, 0.05) is 13.1 Å². The molecule has 0 spiro atoms. The summed E-state index contributed by atoms with van der Waals surface area (Å²) in [6.07, 6.45) is 3.62. The summed E-state index contributed by atoms with van der Waals surface area (Å²) in [5, 5.41) is 0. The van der Waals surface area contributed by atoms with E-state index < -0.39 is 16.0 Å². The first-order chi connectivity index (χ1) is 13.1. The molecule has 0 atom stereocenters. The molecule has 2 aromatic carbocycles. The summed E-state index contributed by atoms with van der Waals surface area (Å²) in [7, 11) is -3.57. The van der Waals surface area contributed by atoms with Gasteiger partial charge in [-0.3, -0.25) is 0 Å². The van der Waals surface area contributed by atoms with E-state index in [0.717, 1.165) is 5.56 Å². The van der Waals surface area contributed by atoms with E-state index in [4.69, 9.17) is 9.47 Å². The van der Waals surface area contributed by atoms with Crippen molar-refractivity contribution in [3.63, 3.8) is 0 Å². The minimum absolute atomic E-state index is 0.140. The van der Waals surface area contributed by atoms with E-state index in [1.807, 2.05) is 36.4 Å². The maximum atomic E-state index is 12.6. The third-order valence-electron chi connectivity index (χ3n) is 4.12. The molecule has 27 heavy (non-hydrogen) atoms. The maximum Gasteiger partial charge on any atom is 0.338 e. The van der Waals surface area contributed by atoms with Crippen LogP contribution in [0.2, 0.25) is 0 Å². The van der Waals surface area contributed by atoms with Gasteiger partial charge in [-0.2, -0.15) is 4.31 Å². The Hall–Kier alpha value is -2.48. The van der Waals surface area contributed by atoms with Gasteiger partial charge in [0.25, 0.3) is 0 Å². The molecule has 6 nitrogen and oxygen atoms in total. The quantitative estimate of drug-likeness (QED) is 0.713. The fourth-order valence-electron chi connectivity index (χ4n) is 2.65. The zero-order chi connectivity index (χ0) is 19.1. The highest BCUT2D eigenvalue weighted by atomic mass is 32.2. The van der Waals surface area contributed by atoms with Crippen molar-refractivity contribution in [3.8, 4) is 0 Å². The lowest BCUT2D eigenvalue weighted by atomic mass is 10.2. The summed E-state index contributed by atoms with van der Waals surface area (Å²) in [5.41, 5.74) is 1.33. The van der Waals surface area contributed by atoms with Crippen LogP contribution >= 0.6 is 0 Å². The predicted octanol–water partition coefficient (Wildman–Crippen LogP) is 2.58. The zero-order valence-electron chi connectivity index (χ0n) is 14.8. The van der Waals surface area contributed by atoms with Crippen LogP contribution in [0.25, 0.3) is 6.08 Å². The fraction of sp³-hybridized carbons (Fsp3) is 0.250. The average Bonchev–Trinajstić information content (AvgIpc) is 2.72. The largest absolute Gasteiger partial charge is 0.458 e. The molecule has 1 aliphatic rings. The lowest BCUT2D eigenvalue weighted by Crippen LogP contribution is -2.40. The van der Waals surface area contributed by atoms with E-state index >= 15 is 0 Å². The van der Waals surface area contributed by atoms with Crippen molar-refractivity contribution < 1.29 is 22.7 Å². The molecule has 0 amide bonds. The van der Waals surface area contributed by atoms with Gasteiger partial charge in [0.15, 0.2) is 0 Å². The van der Waals surface area contributed by atoms with E-state index in [1.165, 1.54) is 28.6 Å². The predicted molar refractivity (Wildman–Crippen MR) is 102 cm³/mol. The number of hydrogen-bond acceptors (Lipinski definition) is 5. The molecule has 0 N–H and O–H groups in total. The second kappa shape index (κ2) is 8.94. The minimum Gasteiger partial charge on any atom is -0.458 e. The average molecular weight is 387 g/mol. The van der Waals surface area contributed by atoms with E-state index in [9.17, 15) is 13.2 Å². The molecule has 1 fully saturated rings. The number of carbonyl (C=O) groups is 1. The molecule has 0 aliphatic carbocycles. The van der Waals surface area contributed by atoms with Crippen LogP contribution < -0.4 is 0 Å². The molecule has 142 valence electrons. The van der Waals surface area contributed by atoms with Crippen molar-refractivity contribution in [1.29, 1.82) is 0 Å². The highest BCUT2D eigenvalue weighted by Crippen LogP contribution is 2.18. The lowest BCUT2D eigenvalue weighted by molar-refractivity contribution is 0.0550. The molecule has 0 aromatic heterocycles. The van der Waals surface area contributed by atoms with Crippen molar-refractivity contribution in [3.05, 3.63) is 71.8 Å². The summed E-state index contributed by atoms with van der Waals surface area (Å²) < 4.78 is 36.9. The molecular formula is C20H21NO5S. The van der Waals surface area contributed by atoms with Gasteiger partial charge in [-0.25, -0.2) is 13.2 Å². The standard InChI is InChI=1S/C20H21NO5S/c22-20(26-14-4-7-17-5-2-1-3-6-17)18-8-10-19(11-9-18)27(23,24)21-12-15-25-16-13-21/h1-11H,12-16H2. The Morgan fingerprint density at radius 1 is 1.04 bits per heavy atom. The lowest BCUT2D eigenvalue weighted by Gasteiger charge is -2.26. The Morgan fingerprint density at radius 2 is 1.70 bits per heavy atom. The molecule has 2 aromatic rings. The number of nitrogens with zero attached hydrogens (tertiary/aromatic N) is 1. The number of benzene rings is 2. The van der Waals surface area contributed by atoms with E-state index in [0.29, 0.717) is 31.9 Å². The first kappa shape index (κ1) is 19.3. The van der Waals surface area contributed by atoms with Crippen LogP contribution in [-0.4, -0.2) is 51.6 Å². The van der Waals surface area contributed by atoms with Crippen LogP contribution in [0, 0.1) is 0 Å². The zero-order valence-corrected chi connectivity index (χ0v) is 15.6. The molecule has 1 aliphatic heterocycles. The normalized spacial score (nSPS) is 15.7. The smallest absolute Gasteiger partial charge is 0.338 e. The first-order valence-electron chi connectivity index (χ1n) is 8.64.